The predicted octanol–water partition coefficient (Wildman–Crippen LogP) is 2.17. The topological polar surface area (TPSA) is 47.0 Å². The quantitative estimate of drug-likeness (QED) is 0.444. The highest BCUT2D eigenvalue weighted by molar-refractivity contribution is 6.47. The Kier molecular flexibility index (Phi) is 2.60. The van der Waals surface area contributed by atoms with Gasteiger partial charge < -0.3 is 0 Å². The van der Waals surface area contributed by atoms with Crippen LogP contribution in [-0.4, -0.2) is 16.6 Å². The first kappa shape index (κ1) is 10.2. The Morgan fingerprint density at radius 3 is 2.62 bits per heavy atom. The van der Waals surface area contributed by atoms with E-state index in [1.807, 2.05) is 18.2 Å². The average molecular weight is 211 g/mol. The van der Waals surface area contributed by atoms with Crippen molar-refractivity contribution in [1.82, 2.24) is 4.98 Å². The molecule has 78 valence electrons. The van der Waals surface area contributed by atoms with E-state index in [0.29, 0.717) is 5.52 Å². The second-order valence-electron chi connectivity index (χ2n) is 3.29. The van der Waals surface area contributed by atoms with E-state index < -0.39 is 11.6 Å². The lowest BCUT2D eigenvalue weighted by Crippen LogP contribution is -2.12. The minimum atomic E-state index is -0.636. The first-order valence-corrected chi connectivity index (χ1v) is 4.79. The van der Waals surface area contributed by atoms with Crippen molar-refractivity contribution in [2.75, 3.05) is 0 Å². The third-order valence-corrected chi connectivity index (χ3v) is 2.24. The summed E-state index contributed by atoms with van der Waals surface area (Å²) in [6.45, 7) is 3.27. The number of rotatable bonds is 3. The fourth-order valence-electron chi connectivity index (χ4n) is 1.41. The number of para-hydroxylation sites is 1. The van der Waals surface area contributed by atoms with Crippen molar-refractivity contribution < 1.29 is 9.59 Å². The number of allylic oxidation sites excluding steroid dienone is 1. The zero-order valence-corrected chi connectivity index (χ0v) is 8.51. The molecule has 0 aliphatic rings. The molecule has 16 heavy (non-hydrogen) atoms. The monoisotopic (exact) mass is 211 g/mol. The maximum Gasteiger partial charge on any atom is 0.251 e. The molecular weight excluding hydrogens is 202 g/mol. The van der Waals surface area contributed by atoms with Crippen molar-refractivity contribution in [2.45, 2.75) is 0 Å². The van der Waals surface area contributed by atoms with Crippen LogP contribution in [0.5, 0.6) is 0 Å². The number of aromatic nitrogens is 1. The predicted molar refractivity (Wildman–Crippen MR) is 61.3 cm³/mol. The zero-order valence-electron chi connectivity index (χ0n) is 8.51. The number of Topliss-reactive ketones (excluding diaryl/α,β-unsaturated/α-hetero) is 1. The summed E-state index contributed by atoms with van der Waals surface area (Å²) in [7, 11) is 0. The normalized spacial score (nSPS) is 10.0. The average Bonchev–Trinajstić information content (AvgIpc) is 2.36. The molecule has 0 aliphatic carbocycles. The lowest BCUT2D eigenvalue weighted by atomic mass is 10.1. The van der Waals surface area contributed by atoms with Gasteiger partial charge in [-0.3, -0.25) is 9.59 Å². The first-order valence-electron chi connectivity index (χ1n) is 4.79. The van der Waals surface area contributed by atoms with Gasteiger partial charge in [0.1, 0.15) is 5.69 Å². The van der Waals surface area contributed by atoms with Crippen molar-refractivity contribution in [3.8, 4) is 0 Å². The van der Waals surface area contributed by atoms with Crippen LogP contribution < -0.4 is 0 Å². The summed E-state index contributed by atoms with van der Waals surface area (Å²) in [5.74, 6) is -1.26. The highest BCUT2D eigenvalue weighted by Gasteiger charge is 2.14. The lowest BCUT2D eigenvalue weighted by Gasteiger charge is -1.99. The number of pyridine rings is 1. The highest BCUT2D eigenvalue weighted by atomic mass is 16.2. The van der Waals surface area contributed by atoms with Gasteiger partial charge in [-0.1, -0.05) is 30.8 Å². The molecule has 0 fully saturated rings. The van der Waals surface area contributed by atoms with Crippen LogP contribution in [0.4, 0.5) is 0 Å². The standard InChI is InChI=1S/C13H9NO2/c1-2-12(15)13(16)11-8-7-9-5-3-4-6-10(9)14-11/h2-8H,1H2. The Labute approximate surface area is 92.4 Å². The number of benzene rings is 1. The van der Waals surface area contributed by atoms with Gasteiger partial charge in [-0.05, 0) is 18.2 Å². The van der Waals surface area contributed by atoms with Crippen molar-refractivity contribution in [2.24, 2.45) is 0 Å². The molecule has 0 unspecified atom stereocenters. The van der Waals surface area contributed by atoms with Gasteiger partial charge in [-0.15, -0.1) is 0 Å². The van der Waals surface area contributed by atoms with Crippen LogP contribution in [0, 0.1) is 0 Å². The summed E-state index contributed by atoms with van der Waals surface area (Å²) in [4.78, 5) is 26.8. The van der Waals surface area contributed by atoms with Crippen LogP contribution in [0.2, 0.25) is 0 Å². The van der Waals surface area contributed by atoms with Crippen LogP contribution in [0.15, 0.2) is 49.1 Å². The molecule has 0 aliphatic heterocycles. The Balaban J connectivity index is 2.51. The minimum absolute atomic E-state index is 0.156. The summed E-state index contributed by atoms with van der Waals surface area (Å²) in [5.41, 5.74) is 0.855. The van der Waals surface area contributed by atoms with Gasteiger partial charge in [-0.2, -0.15) is 0 Å². The Morgan fingerprint density at radius 2 is 1.88 bits per heavy atom. The first-order chi connectivity index (χ1) is 7.72. The second kappa shape index (κ2) is 4.06. The van der Waals surface area contributed by atoms with Crippen LogP contribution in [0.1, 0.15) is 10.5 Å². The van der Waals surface area contributed by atoms with Gasteiger partial charge in [0.05, 0.1) is 5.52 Å². The molecule has 0 bridgehead atoms. The van der Waals surface area contributed by atoms with E-state index in [1.165, 1.54) is 0 Å². The SMILES string of the molecule is C=CC(=O)C(=O)c1ccc2ccccc2n1. The van der Waals surface area contributed by atoms with Crippen molar-refractivity contribution in [3.63, 3.8) is 0 Å². The van der Waals surface area contributed by atoms with E-state index in [4.69, 9.17) is 0 Å². The van der Waals surface area contributed by atoms with Crippen molar-refractivity contribution in [3.05, 3.63) is 54.7 Å². The molecule has 0 atom stereocenters. The molecule has 0 spiro atoms. The number of fused-ring (bicyclic) bond motifs is 1. The molecule has 1 aromatic heterocycles. The van der Waals surface area contributed by atoms with Crippen LogP contribution >= 0.6 is 0 Å². The zero-order chi connectivity index (χ0) is 11.5. The third kappa shape index (κ3) is 1.75. The number of carbonyl (C=O) groups excluding carboxylic acids is 2. The summed E-state index contributed by atoms with van der Waals surface area (Å²) in [6, 6.07) is 10.7. The summed E-state index contributed by atoms with van der Waals surface area (Å²) in [6.07, 6.45) is 0.999. The maximum atomic E-state index is 11.5. The molecule has 0 N–H and O–H groups in total. The number of hydrogen-bond donors (Lipinski definition) is 0. The van der Waals surface area contributed by atoms with Gasteiger partial charge in [0, 0.05) is 5.39 Å². The lowest BCUT2D eigenvalue weighted by molar-refractivity contribution is -0.110. The number of ketones is 2. The molecule has 1 aromatic carbocycles. The van der Waals surface area contributed by atoms with E-state index in [0.717, 1.165) is 11.5 Å². The van der Waals surface area contributed by atoms with Crippen molar-refractivity contribution >= 4 is 22.5 Å². The van der Waals surface area contributed by atoms with Gasteiger partial charge in [0.25, 0.3) is 5.78 Å². The van der Waals surface area contributed by atoms with Gasteiger partial charge in [0.2, 0.25) is 5.78 Å². The van der Waals surface area contributed by atoms with Crippen molar-refractivity contribution in [1.29, 1.82) is 0 Å². The molecule has 2 aromatic rings. The third-order valence-electron chi connectivity index (χ3n) is 2.24. The molecule has 0 saturated heterocycles. The van der Waals surface area contributed by atoms with Gasteiger partial charge in [-0.25, -0.2) is 4.98 Å². The van der Waals surface area contributed by atoms with Crippen LogP contribution in [-0.2, 0) is 4.79 Å². The summed E-state index contributed by atoms with van der Waals surface area (Å²) < 4.78 is 0. The van der Waals surface area contributed by atoms with Gasteiger partial charge in [0.15, 0.2) is 0 Å². The summed E-state index contributed by atoms with van der Waals surface area (Å²) in [5, 5.41) is 0.935. The van der Waals surface area contributed by atoms with Crippen LogP contribution in [0.25, 0.3) is 10.9 Å². The molecule has 0 saturated carbocycles. The van der Waals surface area contributed by atoms with E-state index in [-0.39, 0.29) is 5.69 Å². The molecule has 3 heteroatoms. The maximum absolute atomic E-state index is 11.5. The molecule has 1 heterocycles. The van der Waals surface area contributed by atoms with E-state index >= 15 is 0 Å². The smallest absolute Gasteiger partial charge is 0.251 e. The fraction of sp³-hybridized carbons (Fsp3) is 0. The number of nitrogens with zero attached hydrogens (tertiary/aromatic N) is 1. The van der Waals surface area contributed by atoms with E-state index in [9.17, 15) is 9.59 Å². The summed E-state index contributed by atoms with van der Waals surface area (Å²) >= 11 is 0. The Hall–Kier alpha value is -2.29. The van der Waals surface area contributed by atoms with E-state index in [2.05, 4.69) is 11.6 Å². The Bertz CT molecular complexity index is 587. The molecule has 3 nitrogen and oxygen atoms in total. The molecule has 0 radical (unpaired) electrons. The molecule has 2 rings (SSSR count). The second-order valence-corrected chi connectivity index (χ2v) is 3.29. The number of hydrogen-bond acceptors (Lipinski definition) is 3. The molecular formula is C13H9NO2. The largest absolute Gasteiger partial charge is 0.286 e. The van der Waals surface area contributed by atoms with E-state index in [1.54, 1.807) is 18.2 Å². The fourth-order valence-corrected chi connectivity index (χ4v) is 1.41. The molecule has 0 amide bonds. The Morgan fingerprint density at radius 1 is 1.12 bits per heavy atom. The highest BCUT2D eigenvalue weighted by Crippen LogP contribution is 2.12. The minimum Gasteiger partial charge on any atom is -0.286 e. The van der Waals surface area contributed by atoms with Crippen LogP contribution in [0.3, 0.4) is 0 Å². The number of carbonyl (C=O) groups is 2. The van der Waals surface area contributed by atoms with Gasteiger partial charge >= 0.3 is 0 Å².